The van der Waals surface area contributed by atoms with E-state index in [1.54, 1.807) is 24.3 Å². The first-order chi connectivity index (χ1) is 13.8. The van der Waals surface area contributed by atoms with E-state index >= 15 is 0 Å². The zero-order valence-electron chi connectivity index (χ0n) is 16.3. The Labute approximate surface area is 174 Å². The van der Waals surface area contributed by atoms with Crippen LogP contribution in [0.25, 0.3) is 0 Å². The summed E-state index contributed by atoms with van der Waals surface area (Å²) in [6.07, 6.45) is 4.04. The zero-order chi connectivity index (χ0) is 21.2. The van der Waals surface area contributed by atoms with Crippen molar-refractivity contribution in [1.82, 2.24) is 16.0 Å². The third-order valence-corrected chi connectivity index (χ3v) is 5.02. The Morgan fingerprint density at radius 3 is 2.48 bits per heavy atom. The van der Waals surface area contributed by atoms with Gasteiger partial charge in [0.2, 0.25) is 0 Å². The third-order valence-electron chi connectivity index (χ3n) is 4.77. The van der Waals surface area contributed by atoms with Gasteiger partial charge >= 0.3 is 12.0 Å². The SMILES string of the molecule is C[C@H]1CCCC[C@H]1NC(=O)NC(=O)COC(=O)CCNC(=O)c1ccc(Cl)cc1. The van der Waals surface area contributed by atoms with Crippen LogP contribution >= 0.6 is 11.6 Å². The third kappa shape index (κ3) is 8.11. The van der Waals surface area contributed by atoms with Crippen LogP contribution in [0.2, 0.25) is 5.02 Å². The van der Waals surface area contributed by atoms with Crippen molar-refractivity contribution < 1.29 is 23.9 Å². The molecule has 1 aromatic carbocycles. The van der Waals surface area contributed by atoms with Gasteiger partial charge in [-0.3, -0.25) is 19.7 Å². The summed E-state index contributed by atoms with van der Waals surface area (Å²) in [7, 11) is 0. The van der Waals surface area contributed by atoms with Crippen molar-refractivity contribution >= 4 is 35.4 Å². The number of carbonyl (C=O) groups is 4. The van der Waals surface area contributed by atoms with Gasteiger partial charge in [0.1, 0.15) is 0 Å². The van der Waals surface area contributed by atoms with Gasteiger partial charge in [0.25, 0.3) is 11.8 Å². The molecule has 0 radical (unpaired) electrons. The van der Waals surface area contributed by atoms with Crippen molar-refractivity contribution in [2.75, 3.05) is 13.2 Å². The van der Waals surface area contributed by atoms with E-state index in [-0.39, 0.29) is 24.9 Å². The van der Waals surface area contributed by atoms with Gasteiger partial charge in [-0.05, 0) is 43.0 Å². The first kappa shape index (κ1) is 22.7. The van der Waals surface area contributed by atoms with E-state index < -0.39 is 24.5 Å². The Morgan fingerprint density at radius 1 is 1.10 bits per heavy atom. The van der Waals surface area contributed by atoms with Crippen LogP contribution in [0.15, 0.2) is 24.3 Å². The lowest BCUT2D eigenvalue weighted by molar-refractivity contribution is -0.148. The molecule has 1 aliphatic rings. The molecule has 0 heterocycles. The van der Waals surface area contributed by atoms with Crippen LogP contribution in [0.5, 0.6) is 0 Å². The smallest absolute Gasteiger partial charge is 0.321 e. The fraction of sp³-hybridized carbons (Fsp3) is 0.500. The summed E-state index contributed by atoms with van der Waals surface area (Å²) in [5.41, 5.74) is 0.417. The van der Waals surface area contributed by atoms with E-state index in [1.807, 2.05) is 0 Å². The van der Waals surface area contributed by atoms with Crippen LogP contribution in [0.3, 0.4) is 0 Å². The summed E-state index contributed by atoms with van der Waals surface area (Å²) in [4.78, 5) is 47.2. The number of nitrogens with one attached hydrogen (secondary N) is 3. The lowest BCUT2D eigenvalue weighted by atomic mass is 9.86. The molecule has 1 aliphatic carbocycles. The Balaban J connectivity index is 1.60. The number of hydrogen-bond donors (Lipinski definition) is 3. The Morgan fingerprint density at radius 2 is 1.79 bits per heavy atom. The average Bonchev–Trinajstić information content (AvgIpc) is 2.68. The van der Waals surface area contributed by atoms with E-state index in [0.717, 1.165) is 25.7 Å². The number of carbonyl (C=O) groups excluding carboxylic acids is 4. The van der Waals surface area contributed by atoms with E-state index in [9.17, 15) is 19.2 Å². The Bertz CT molecular complexity index is 738. The molecular formula is C20H26ClN3O5. The maximum atomic E-state index is 11.9. The molecule has 4 amide bonds. The van der Waals surface area contributed by atoms with Gasteiger partial charge in [-0.2, -0.15) is 0 Å². The molecule has 0 aliphatic heterocycles. The number of ether oxygens (including phenoxy) is 1. The zero-order valence-corrected chi connectivity index (χ0v) is 17.1. The maximum Gasteiger partial charge on any atom is 0.321 e. The minimum absolute atomic E-state index is 0.0448. The van der Waals surface area contributed by atoms with Crippen LogP contribution < -0.4 is 16.0 Å². The van der Waals surface area contributed by atoms with Crippen LogP contribution in [0.4, 0.5) is 4.79 Å². The summed E-state index contributed by atoms with van der Waals surface area (Å²) < 4.78 is 4.82. The summed E-state index contributed by atoms with van der Waals surface area (Å²) in [6, 6.07) is 5.78. The van der Waals surface area contributed by atoms with E-state index in [2.05, 4.69) is 22.9 Å². The second kappa shape index (κ2) is 11.4. The number of hydrogen-bond acceptors (Lipinski definition) is 5. The van der Waals surface area contributed by atoms with Crippen molar-refractivity contribution in [1.29, 1.82) is 0 Å². The van der Waals surface area contributed by atoms with Crippen LogP contribution in [-0.4, -0.2) is 43.0 Å². The second-order valence-corrected chi connectivity index (χ2v) is 7.50. The predicted octanol–water partition coefficient (Wildman–Crippen LogP) is 2.41. The van der Waals surface area contributed by atoms with Crippen molar-refractivity contribution in [3.63, 3.8) is 0 Å². The molecule has 0 saturated heterocycles. The summed E-state index contributed by atoms with van der Waals surface area (Å²) >= 11 is 5.76. The number of rotatable bonds is 7. The molecule has 1 fully saturated rings. The lowest BCUT2D eigenvalue weighted by Gasteiger charge is -2.29. The number of halogens is 1. The van der Waals surface area contributed by atoms with Crippen LogP contribution in [0, 0.1) is 5.92 Å². The number of esters is 1. The minimum atomic E-state index is -0.704. The fourth-order valence-electron chi connectivity index (χ4n) is 3.10. The monoisotopic (exact) mass is 423 g/mol. The molecule has 0 unspecified atom stereocenters. The molecular weight excluding hydrogens is 398 g/mol. The van der Waals surface area contributed by atoms with Gasteiger partial charge in [-0.15, -0.1) is 0 Å². The first-order valence-electron chi connectivity index (χ1n) is 9.65. The van der Waals surface area contributed by atoms with Crippen LogP contribution in [0.1, 0.15) is 49.4 Å². The molecule has 1 saturated carbocycles. The van der Waals surface area contributed by atoms with Gasteiger partial charge in [0.15, 0.2) is 6.61 Å². The highest BCUT2D eigenvalue weighted by Gasteiger charge is 2.23. The molecule has 0 bridgehead atoms. The largest absolute Gasteiger partial charge is 0.456 e. The Kier molecular flexibility index (Phi) is 8.92. The van der Waals surface area contributed by atoms with E-state index in [1.165, 1.54) is 0 Å². The highest BCUT2D eigenvalue weighted by molar-refractivity contribution is 6.30. The summed E-state index contributed by atoms with van der Waals surface area (Å²) in [6.45, 7) is 1.57. The van der Waals surface area contributed by atoms with Gasteiger partial charge < -0.3 is 15.4 Å². The molecule has 1 aromatic rings. The second-order valence-electron chi connectivity index (χ2n) is 7.06. The predicted molar refractivity (Wildman–Crippen MR) is 107 cm³/mol. The lowest BCUT2D eigenvalue weighted by Crippen LogP contribution is -2.48. The molecule has 3 N–H and O–H groups in total. The minimum Gasteiger partial charge on any atom is -0.456 e. The molecule has 0 spiro atoms. The van der Waals surface area contributed by atoms with Crippen molar-refractivity contribution in [2.45, 2.75) is 45.1 Å². The summed E-state index contributed by atoms with van der Waals surface area (Å²) in [5, 5.41) is 8.03. The van der Waals surface area contributed by atoms with Gasteiger partial charge in [0, 0.05) is 23.2 Å². The first-order valence-corrected chi connectivity index (χ1v) is 10.0. The van der Waals surface area contributed by atoms with E-state index in [4.69, 9.17) is 16.3 Å². The highest BCUT2D eigenvalue weighted by Crippen LogP contribution is 2.23. The molecule has 0 aromatic heterocycles. The molecule has 158 valence electrons. The molecule has 8 nitrogen and oxygen atoms in total. The van der Waals surface area contributed by atoms with Crippen LogP contribution in [-0.2, 0) is 14.3 Å². The molecule has 29 heavy (non-hydrogen) atoms. The van der Waals surface area contributed by atoms with Gasteiger partial charge in [0.05, 0.1) is 6.42 Å². The van der Waals surface area contributed by atoms with Gasteiger partial charge in [-0.1, -0.05) is 31.4 Å². The topological polar surface area (TPSA) is 114 Å². The highest BCUT2D eigenvalue weighted by atomic mass is 35.5. The molecule has 2 rings (SSSR count). The standard InChI is InChI=1S/C20H26ClN3O5/c1-13-4-2-3-5-16(13)23-20(28)24-17(25)12-29-18(26)10-11-22-19(27)14-6-8-15(21)9-7-14/h6-9,13,16H,2-5,10-12H2,1H3,(H,22,27)(H2,23,24,25,28)/t13-,16+/m0/s1. The number of imide groups is 1. The molecule has 9 heteroatoms. The maximum absolute atomic E-state index is 11.9. The number of urea groups is 1. The number of benzene rings is 1. The summed E-state index contributed by atoms with van der Waals surface area (Å²) in [5.74, 6) is -1.34. The average molecular weight is 424 g/mol. The van der Waals surface area contributed by atoms with Crippen molar-refractivity contribution in [3.8, 4) is 0 Å². The normalized spacial score (nSPS) is 18.4. The van der Waals surface area contributed by atoms with Crippen molar-refractivity contribution in [2.24, 2.45) is 5.92 Å². The quantitative estimate of drug-likeness (QED) is 0.583. The molecule has 2 atom stereocenters. The Hall–Kier alpha value is -2.61. The van der Waals surface area contributed by atoms with E-state index in [0.29, 0.717) is 16.5 Å². The fourth-order valence-corrected chi connectivity index (χ4v) is 3.22. The van der Waals surface area contributed by atoms with Gasteiger partial charge in [-0.25, -0.2) is 4.79 Å². The van der Waals surface area contributed by atoms with Crippen molar-refractivity contribution in [3.05, 3.63) is 34.9 Å². The number of amides is 4.